The Labute approximate surface area is 199 Å². The summed E-state index contributed by atoms with van der Waals surface area (Å²) in [6, 6.07) is 8.16. The second-order valence-corrected chi connectivity index (χ2v) is 10.4. The van der Waals surface area contributed by atoms with Crippen molar-refractivity contribution in [2.45, 2.75) is 58.1 Å². The lowest BCUT2D eigenvalue weighted by Gasteiger charge is -2.12. The summed E-state index contributed by atoms with van der Waals surface area (Å²) in [5, 5.41) is 13.2. The minimum absolute atomic E-state index is 0.227. The Morgan fingerprint density at radius 3 is 2.61 bits per heavy atom. The molecule has 1 atom stereocenters. The molecule has 172 valence electrons. The van der Waals surface area contributed by atoms with E-state index >= 15 is 0 Å². The van der Waals surface area contributed by atoms with Gasteiger partial charge in [-0.1, -0.05) is 41.3 Å². The number of nitrogens with one attached hydrogen (secondary N) is 1. The van der Waals surface area contributed by atoms with E-state index in [1.807, 2.05) is 16.5 Å². The number of benzene rings is 1. The van der Waals surface area contributed by atoms with Crippen molar-refractivity contribution >= 4 is 56.7 Å². The fourth-order valence-electron chi connectivity index (χ4n) is 3.53. The number of fused-ring (bicyclic) bond motifs is 3. The highest BCUT2D eigenvalue weighted by atomic mass is 32.2. The molecular weight excluding hydrogens is 458 g/mol. The van der Waals surface area contributed by atoms with E-state index in [-0.39, 0.29) is 12.0 Å². The number of thiazole rings is 1. The number of rotatable bonds is 6. The number of nitrogens with zero attached hydrogens (tertiary/aromatic N) is 4. The average Bonchev–Trinajstić information content (AvgIpc) is 3.30. The molecule has 0 aliphatic carbocycles. The van der Waals surface area contributed by atoms with Crippen LogP contribution in [0.4, 0.5) is 5.13 Å². The van der Waals surface area contributed by atoms with Crippen LogP contribution in [0.5, 0.6) is 0 Å². The maximum atomic E-state index is 12.9. The molecule has 0 saturated heterocycles. The number of hydrogen-bond donors (Lipinski definition) is 1. The highest BCUT2D eigenvalue weighted by Crippen LogP contribution is 2.30. The zero-order valence-electron chi connectivity index (χ0n) is 19.3. The van der Waals surface area contributed by atoms with Crippen LogP contribution in [0.15, 0.2) is 29.4 Å². The Bertz CT molecular complexity index is 1380. The first-order valence-corrected chi connectivity index (χ1v) is 12.2. The molecule has 8 nitrogen and oxygen atoms in total. The molecule has 1 aromatic carbocycles. The van der Waals surface area contributed by atoms with Gasteiger partial charge in [-0.05, 0) is 58.7 Å². The van der Waals surface area contributed by atoms with Crippen LogP contribution in [0.3, 0.4) is 0 Å². The standard InChI is InChI=1S/C23H25N5O3S2/c1-11(2)31-21(30)19-14(5)24-22(33-19)25-20(29)15(6)32-23-27-26-17-10-13(4)16-9-7-8-12(3)18(16)28(17)23/h7-11,15H,1-6H3,(H,24,25,29). The number of aryl methyl sites for hydroxylation is 3. The van der Waals surface area contributed by atoms with Gasteiger partial charge in [-0.15, -0.1) is 10.2 Å². The zero-order chi connectivity index (χ0) is 23.9. The van der Waals surface area contributed by atoms with E-state index in [0.717, 1.165) is 39.0 Å². The number of hydrogen-bond acceptors (Lipinski definition) is 8. The smallest absolute Gasteiger partial charge is 0.350 e. The number of anilines is 1. The summed E-state index contributed by atoms with van der Waals surface area (Å²) in [5.41, 5.74) is 4.55. The molecule has 4 aromatic rings. The lowest BCUT2D eigenvalue weighted by Crippen LogP contribution is -2.22. The van der Waals surface area contributed by atoms with Crippen molar-refractivity contribution in [3.63, 3.8) is 0 Å². The van der Waals surface area contributed by atoms with Crippen molar-refractivity contribution in [3.8, 4) is 0 Å². The Balaban J connectivity index is 1.56. The summed E-state index contributed by atoms with van der Waals surface area (Å²) in [7, 11) is 0. The van der Waals surface area contributed by atoms with E-state index in [0.29, 0.717) is 20.9 Å². The third-order valence-electron chi connectivity index (χ3n) is 5.10. The molecule has 3 heterocycles. The molecule has 1 amide bonds. The Hall–Kier alpha value is -2.98. The van der Waals surface area contributed by atoms with Crippen LogP contribution in [0.2, 0.25) is 0 Å². The molecule has 0 aliphatic heterocycles. The van der Waals surface area contributed by atoms with Gasteiger partial charge in [-0.25, -0.2) is 9.78 Å². The van der Waals surface area contributed by atoms with Gasteiger partial charge in [-0.2, -0.15) is 0 Å². The van der Waals surface area contributed by atoms with Crippen molar-refractivity contribution in [3.05, 3.63) is 46.0 Å². The number of amides is 1. The Morgan fingerprint density at radius 2 is 1.88 bits per heavy atom. The van der Waals surface area contributed by atoms with Gasteiger partial charge in [0.05, 0.1) is 22.6 Å². The third kappa shape index (κ3) is 4.58. The molecule has 0 aliphatic rings. The molecule has 1 unspecified atom stereocenters. The second kappa shape index (κ2) is 9.11. The van der Waals surface area contributed by atoms with Crippen LogP contribution < -0.4 is 5.32 Å². The van der Waals surface area contributed by atoms with Gasteiger partial charge in [0, 0.05) is 5.39 Å². The largest absolute Gasteiger partial charge is 0.459 e. The molecule has 10 heteroatoms. The number of carbonyl (C=O) groups excluding carboxylic acids is 2. The maximum Gasteiger partial charge on any atom is 0.350 e. The number of thioether (sulfide) groups is 1. The summed E-state index contributed by atoms with van der Waals surface area (Å²) in [4.78, 5) is 29.8. The van der Waals surface area contributed by atoms with Crippen molar-refractivity contribution in [2.24, 2.45) is 0 Å². The molecular formula is C23H25N5O3S2. The van der Waals surface area contributed by atoms with Gasteiger partial charge in [0.1, 0.15) is 4.88 Å². The van der Waals surface area contributed by atoms with Gasteiger partial charge in [0.15, 0.2) is 15.9 Å². The molecule has 3 aromatic heterocycles. The third-order valence-corrected chi connectivity index (χ3v) is 7.19. The summed E-state index contributed by atoms with van der Waals surface area (Å²) in [6.45, 7) is 11.2. The minimum atomic E-state index is -0.465. The summed E-state index contributed by atoms with van der Waals surface area (Å²) in [5.74, 6) is -0.669. The quantitative estimate of drug-likeness (QED) is 0.306. The average molecular weight is 484 g/mol. The Morgan fingerprint density at radius 1 is 1.12 bits per heavy atom. The fourth-order valence-corrected chi connectivity index (χ4v) is 5.24. The van der Waals surface area contributed by atoms with Crippen LogP contribution in [-0.4, -0.2) is 42.8 Å². The Kier molecular flexibility index (Phi) is 6.40. The number of carbonyl (C=O) groups is 2. The van der Waals surface area contributed by atoms with Gasteiger partial charge in [-0.3, -0.25) is 9.20 Å². The predicted molar refractivity (Wildman–Crippen MR) is 131 cm³/mol. The topological polar surface area (TPSA) is 98.5 Å². The number of ether oxygens (including phenoxy) is 1. The summed E-state index contributed by atoms with van der Waals surface area (Å²) >= 11 is 2.44. The van der Waals surface area contributed by atoms with Gasteiger partial charge < -0.3 is 10.1 Å². The molecule has 4 rings (SSSR count). The van der Waals surface area contributed by atoms with Crippen molar-refractivity contribution in [1.29, 1.82) is 0 Å². The summed E-state index contributed by atoms with van der Waals surface area (Å²) < 4.78 is 7.24. The lowest BCUT2D eigenvalue weighted by molar-refractivity contribution is -0.115. The number of para-hydroxylation sites is 1. The molecule has 0 bridgehead atoms. The molecule has 33 heavy (non-hydrogen) atoms. The zero-order valence-corrected chi connectivity index (χ0v) is 20.9. The van der Waals surface area contributed by atoms with Crippen LogP contribution in [-0.2, 0) is 9.53 Å². The molecule has 0 radical (unpaired) electrons. The predicted octanol–water partition coefficient (Wildman–Crippen LogP) is 4.95. The first-order chi connectivity index (χ1) is 15.7. The highest BCUT2D eigenvalue weighted by molar-refractivity contribution is 8.00. The van der Waals surface area contributed by atoms with E-state index < -0.39 is 11.2 Å². The maximum absolute atomic E-state index is 12.9. The number of esters is 1. The van der Waals surface area contributed by atoms with Crippen molar-refractivity contribution < 1.29 is 14.3 Å². The van der Waals surface area contributed by atoms with Crippen LogP contribution >= 0.6 is 23.1 Å². The first-order valence-electron chi connectivity index (χ1n) is 10.6. The lowest BCUT2D eigenvalue weighted by atomic mass is 10.1. The number of pyridine rings is 1. The van der Waals surface area contributed by atoms with Crippen LogP contribution in [0.25, 0.3) is 16.6 Å². The fraction of sp³-hybridized carbons (Fsp3) is 0.348. The van der Waals surface area contributed by atoms with Gasteiger partial charge in [0.2, 0.25) is 5.91 Å². The van der Waals surface area contributed by atoms with E-state index in [4.69, 9.17) is 4.74 Å². The monoisotopic (exact) mass is 483 g/mol. The van der Waals surface area contributed by atoms with Crippen LogP contribution in [0.1, 0.15) is 47.3 Å². The van der Waals surface area contributed by atoms with Crippen LogP contribution in [0, 0.1) is 20.8 Å². The molecule has 0 fully saturated rings. The second-order valence-electron chi connectivity index (χ2n) is 8.11. The highest BCUT2D eigenvalue weighted by Gasteiger charge is 2.23. The van der Waals surface area contributed by atoms with E-state index in [2.05, 4.69) is 46.5 Å². The molecule has 1 N–H and O–H groups in total. The SMILES string of the molecule is Cc1nc(NC(=O)C(C)Sc2nnc3cc(C)c4cccc(C)c4n23)sc1C(=O)OC(C)C. The van der Waals surface area contributed by atoms with Gasteiger partial charge >= 0.3 is 5.97 Å². The molecule has 0 spiro atoms. The number of aromatic nitrogens is 4. The normalized spacial score (nSPS) is 12.5. The first kappa shape index (κ1) is 23.2. The molecule has 0 saturated carbocycles. The van der Waals surface area contributed by atoms with E-state index in [1.165, 1.54) is 11.8 Å². The van der Waals surface area contributed by atoms with Gasteiger partial charge in [0.25, 0.3) is 0 Å². The van der Waals surface area contributed by atoms with E-state index in [9.17, 15) is 9.59 Å². The van der Waals surface area contributed by atoms with Crippen molar-refractivity contribution in [2.75, 3.05) is 5.32 Å². The summed E-state index contributed by atoms with van der Waals surface area (Å²) in [6.07, 6.45) is -0.227. The van der Waals surface area contributed by atoms with Crippen molar-refractivity contribution in [1.82, 2.24) is 19.6 Å². The minimum Gasteiger partial charge on any atom is -0.459 e. The van der Waals surface area contributed by atoms with E-state index in [1.54, 1.807) is 27.7 Å².